The summed E-state index contributed by atoms with van der Waals surface area (Å²) in [6, 6.07) is 13.5. The molecule has 0 aliphatic rings. The summed E-state index contributed by atoms with van der Waals surface area (Å²) in [6.45, 7) is 6.84. The minimum Gasteiger partial charge on any atom is -0.494 e. The van der Waals surface area contributed by atoms with Crippen molar-refractivity contribution in [3.8, 4) is 11.5 Å². The Morgan fingerprint density at radius 1 is 0.952 bits per heavy atom. The maximum Gasteiger partial charge on any atom is 0.119 e. The number of rotatable bonds is 6. The van der Waals surface area contributed by atoms with E-state index >= 15 is 0 Å². The molecule has 0 aliphatic heterocycles. The molecule has 3 nitrogen and oxygen atoms in total. The van der Waals surface area contributed by atoms with E-state index in [1.54, 1.807) is 0 Å². The normalized spacial score (nSPS) is 12.0. The average molecular weight is 286 g/mol. The van der Waals surface area contributed by atoms with Crippen molar-refractivity contribution in [1.29, 1.82) is 0 Å². The summed E-state index contributed by atoms with van der Waals surface area (Å²) in [5.74, 6) is 1.54. The number of benzene rings is 2. The molecule has 21 heavy (non-hydrogen) atoms. The van der Waals surface area contributed by atoms with Gasteiger partial charge in [0.2, 0.25) is 0 Å². The van der Waals surface area contributed by atoms with E-state index in [1.165, 1.54) is 0 Å². The molecule has 0 saturated carbocycles. The van der Waals surface area contributed by atoms with Gasteiger partial charge < -0.3 is 14.6 Å². The van der Waals surface area contributed by atoms with Crippen LogP contribution in [0.15, 0.2) is 42.5 Å². The minimum atomic E-state index is -0.628. The summed E-state index contributed by atoms with van der Waals surface area (Å²) < 4.78 is 11.0. The van der Waals surface area contributed by atoms with Crippen LogP contribution in [0.1, 0.15) is 29.7 Å². The van der Waals surface area contributed by atoms with Crippen molar-refractivity contribution in [3.63, 3.8) is 0 Å². The summed E-state index contributed by atoms with van der Waals surface area (Å²) in [5, 5.41) is 10.3. The Morgan fingerprint density at radius 2 is 1.57 bits per heavy atom. The molecule has 0 spiro atoms. The first-order valence-corrected chi connectivity index (χ1v) is 7.21. The molecular formula is C18H22O3. The fourth-order valence-corrected chi connectivity index (χ4v) is 2.18. The highest BCUT2D eigenvalue weighted by molar-refractivity contribution is 5.33. The molecule has 0 radical (unpaired) electrons. The molecule has 1 N–H and O–H groups in total. The Bertz CT molecular complexity index is 576. The molecule has 0 heterocycles. The smallest absolute Gasteiger partial charge is 0.119 e. The zero-order chi connectivity index (χ0) is 15.2. The van der Waals surface area contributed by atoms with Gasteiger partial charge in [-0.25, -0.2) is 0 Å². The van der Waals surface area contributed by atoms with Crippen LogP contribution in [-0.2, 0) is 0 Å². The molecule has 2 rings (SSSR count). The monoisotopic (exact) mass is 286 g/mol. The van der Waals surface area contributed by atoms with Gasteiger partial charge in [0.1, 0.15) is 24.2 Å². The molecular weight excluding hydrogens is 264 g/mol. The molecule has 2 aromatic rings. The van der Waals surface area contributed by atoms with Gasteiger partial charge in [0, 0.05) is 0 Å². The fourth-order valence-electron chi connectivity index (χ4n) is 2.18. The van der Waals surface area contributed by atoms with Crippen LogP contribution in [0.25, 0.3) is 0 Å². The molecule has 0 bridgehead atoms. The van der Waals surface area contributed by atoms with E-state index in [0.29, 0.717) is 6.61 Å². The van der Waals surface area contributed by atoms with E-state index in [0.717, 1.165) is 28.2 Å². The second-order valence-electron chi connectivity index (χ2n) is 5.09. The van der Waals surface area contributed by atoms with Gasteiger partial charge in [0.15, 0.2) is 0 Å². The van der Waals surface area contributed by atoms with Crippen molar-refractivity contribution in [2.75, 3.05) is 13.2 Å². The maximum absolute atomic E-state index is 10.3. The van der Waals surface area contributed by atoms with E-state index in [1.807, 2.05) is 63.2 Å². The van der Waals surface area contributed by atoms with Crippen LogP contribution in [0.3, 0.4) is 0 Å². The van der Waals surface area contributed by atoms with E-state index in [4.69, 9.17) is 9.47 Å². The van der Waals surface area contributed by atoms with Crippen LogP contribution >= 0.6 is 0 Å². The van der Waals surface area contributed by atoms with Crippen LogP contribution in [-0.4, -0.2) is 18.3 Å². The van der Waals surface area contributed by atoms with Crippen molar-refractivity contribution < 1.29 is 14.6 Å². The SMILES string of the molecule is CCOc1ccc(OCC(O)c2cc(C)ccc2C)cc1. The van der Waals surface area contributed by atoms with Gasteiger partial charge in [-0.3, -0.25) is 0 Å². The molecule has 0 aliphatic carbocycles. The molecule has 3 heteroatoms. The first kappa shape index (κ1) is 15.4. The largest absolute Gasteiger partial charge is 0.494 e. The van der Waals surface area contributed by atoms with Crippen LogP contribution in [0, 0.1) is 13.8 Å². The van der Waals surface area contributed by atoms with Crippen molar-refractivity contribution in [1.82, 2.24) is 0 Å². The van der Waals surface area contributed by atoms with Crippen molar-refractivity contribution >= 4 is 0 Å². The topological polar surface area (TPSA) is 38.7 Å². The second-order valence-corrected chi connectivity index (χ2v) is 5.09. The summed E-state index contributed by atoms with van der Waals surface area (Å²) in [5.41, 5.74) is 3.13. The van der Waals surface area contributed by atoms with Crippen LogP contribution < -0.4 is 9.47 Å². The minimum absolute atomic E-state index is 0.234. The molecule has 0 fully saturated rings. The molecule has 1 unspecified atom stereocenters. The molecule has 0 aromatic heterocycles. The Balaban J connectivity index is 1.97. The van der Waals surface area contributed by atoms with E-state index in [-0.39, 0.29) is 6.61 Å². The first-order chi connectivity index (χ1) is 10.1. The standard InChI is InChI=1S/C18H22O3/c1-4-20-15-7-9-16(10-8-15)21-12-18(19)17-11-13(2)5-6-14(17)3/h5-11,18-19H,4,12H2,1-3H3. The summed E-state index contributed by atoms with van der Waals surface area (Å²) in [6.07, 6.45) is -0.628. The Labute approximate surface area is 126 Å². The van der Waals surface area contributed by atoms with Crippen molar-refractivity contribution in [2.45, 2.75) is 26.9 Å². The van der Waals surface area contributed by atoms with Gasteiger partial charge in [-0.05, 0) is 56.2 Å². The lowest BCUT2D eigenvalue weighted by Crippen LogP contribution is -2.11. The second kappa shape index (κ2) is 7.14. The lowest BCUT2D eigenvalue weighted by Gasteiger charge is -2.15. The third-order valence-corrected chi connectivity index (χ3v) is 3.34. The number of aryl methyl sites for hydroxylation is 2. The Morgan fingerprint density at radius 3 is 2.19 bits per heavy atom. The molecule has 112 valence electrons. The van der Waals surface area contributed by atoms with Crippen molar-refractivity contribution in [3.05, 3.63) is 59.2 Å². The maximum atomic E-state index is 10.3. The zero-order valence-corrected chi connectivity index (χ0v) is 12.8. The highest BCUT2D eigenvalue weighted by atomic mass is 16.5. The number of hydrogen-bond donors (Lipinski definition) is 1. The number of ether oxygens (including phenoxy) is 2. The third kappa shape index (κ3) is 4.23. The fraction of sp³-hybridized carbons (Fsp3) is 0.333. The molecule has 2 aromatic carbocycles. The lowest BCUT2D eigenvalue weighted by atomic mass is 10.0. The number of aliphatic hydroxyl groups is 1. The lowest BCUT2D eigenvalue weighted by molar-refractivity contribution is 0.107. The summed E-state index contributed by atoms with van der Waals surface area (Å²) in [7, 11) is 0. The summed E-state index contributed by atoms with van der Waals surface area (Å²) in [4.78, 5) is 0. The van der Waals surface area contributed by atoms with E-state index in [2.05, 4.69) is 0 Å². The third-order valence-electron chi connectivity index (χ3n) is 3.34. The molecule has 1 atom stereocenters. The first-order valence-electron chi connectivity index (χ1n) is 7.21. The zero-order valence-electron chi connectivity index (χ0n) is 12.8. The quantitative estimate of drug-likeness (QED) is 0.877. The highest BCUT2D eigenvalue weighted by Crippen LogP contribution is 2.22. The van der Waals surface area contributed by atoms with Gasteiger partial charge >= 0.3 is 0 Å². The molecule has 0 saturated heterocycles. The Hall–Kier alpha value is -2.00. The Kier molecular flexibility index (Phi) is 5.23. The summed E-state index contributed by atoms with van der Waals surface area (Å²) >= 11 is 0. The predicted octanol–water partition coefficient (Wildman–Crippen LogP) is 3.81. The van der Waals surface area contributed by atoms with E-state index < -0.39 is 6.10 Å². The average Bonchev–Trinajstić information content (AvgIpc) is 2.49. The van der Waals surface area contributed by atoms with Crippen molar-refractivity contribution in [2.24, 2.45) is 0 Å². The molecule has 0 amide bonds. The number of hydrogen-bond acceptors (Lipinski definition) is 3. The van der Waals surface area contributed by atoms with Gasteiger partial charge in [-0.1, -0.05) is 23.8 Å². The highest BCUT2D eigenvalue weighted by Gasteiger charge is 2.11. The van der Waals surface area contributed by atoms with Crippen LogP contribution in [0.5, 0.6) is 11.5 Å². The number of aliphatic hydroxyl groups excluding tert-OH is 1. The predicted molar refractivity (Wildman–Crippen MR) is 84.0 cm³/mol. The van der Waals surface area contributed by atoms with E-state index in [9.17, 15) is 5.11 Å². The van der Waals surface area contributed by atoms with Crippen LogP contribution in [0.4, 0.5) is 0 Å². The van der Waals surface area contributed by atoms with Gasteiger partial charge in [0.25, 0.3) is 0 Å². The van der Waals surface area contributed by atoms with Gasteiger partial charge in [-0.15, -0.1) is 0 Å². The van der Waals surface area contributed by atoms with Gasteiger partial charge in [-0.2, -0.15) is 0 Å². The van der Waals surface area contributed by atoms with Crippen LogP contribution in [0.2, 0.25) is 0 Å². The van der Waals surface area contributed by atoms with Gasteiger partial charge in [0.05, 0.1) is 6.61 Å².